The number of phenolic OH excluding ortho intramolecular Hbond substituents is 1. The van der Waals surface area contributed by atoms with Gasteiger partial charge in [0.05, 0.1) is 0 Å². The van der Waals surface area contributed by atoms with Crippen LogP contribution in [0.1, 0.15) is 22.7 Å². The predicted molar refractivity (Wildman–Crippen MR) is 74.7 cm³/mol. The van der Waals surface area contributed by atoms with Gasteiger partial charge < -0.3 is 10.4 Å². The first kappa shape index (κ1) is 13.6. The molecular formula is C16H18FNO. The Morgan fingerprint density at radius 2 is 1.84 bits per heavy atom. The molecule has 0 radical (unpaired) electrons. The predicted octanol–water partition coefficient (Wildman–Crippen LogP) is 3.34. The summed E-state index contributed by atoms with van der Waals surface area (Å²) in [4.78, 5) is 0. The van der Waals surface area contributed by atoms with E-state index in [1.165, 1.54) is 6.07 Å². The molecule has 0 amide bonds. The maximum Gasteiger partial charge on any atom is 0.123 e. The molecule has 1 atom stereocenters. The van der Waals surface area contributed by atoms with Crippen LogP contribution in [0.3, 0.4) is 0 Å². The molecule has 2 aromatic rings. The number of phenols is 1. The van der Waals surface area contributed by atoms with Gasteiger partial charge in [-0.2, -0.15) is 0 Å². The molecule has 0 heterocycles. The molecule has 0 aliphatic carbocycles. The average Bonchev–Trinajstić information content (AvgIpc) is 2.41. The van der Waals surface area contributed by atoms with E-state index < -0.39 is 0 Å². The van der Waals surface area contributed by atoms with Gasteiger partial charge >= 0.3 is 0 Å². The fourth-order valence-corrected chi connectivity index (χ4v) is 2.22. The minimum Gasteiger partial charge on any atom is -0.508 e. The fourth-order valence-electron chi connectivity index (χ4n) is 2.22. The van der Waals surface area contributed by atoms with Crippen molar-refractivity contribution in [2.45, 2.75) is 19.4 Å². The maximum atomic E-state index is 13.4. The molecule has 2 aromatic carbocycles. The lowest BCUT2D eigenvalue weighted by Gasteiger charge is -2.19. The summed E-state index contributed by atoms with van der Waals surface area (Å²) in [6, 6.07) is 12.0. The number of nitrogens with one attached hydrogen (secondary N) is 1. The Labute approximate surface area is 112 Å². The van der Waals surface area contributed by atoms with Gasteiger partial charge in [-0.25, -0.2) is 4.39 Å². The highest BCUT2D eigenvalue weighted by molar-refractivity contribution is 5.32. The Kier molecular flexibility index (Phi) is 4.17. The van der Waals surface area contributed by atoms with Crippen LogP contribution in [0.25, 0.3) is 0 Å². The molecule has 0 fully saturated rings. The van der Waals surface area contributed by atoms with Crippen LogP contribution in [-0.2, 0) is 6.42 Å². The van der Waals surface area contributed by atoms with Crippen LogP contribution in [0.5, 0.6) is 5.75 Å². The number of aromatic hydroxyl groups is 1. The highest BCUT2D eigenvalue weighted by Crippen LogP contribution is 2.23. The summed E-state index contributed by atoms with van der Waals surface area (Å²) in [5.74, 6) is 0.0400. The summed E-state index contributed by atoms with van der Waals surface area (Å²) in [7, 11) is 1.87. The standard InChI is InChI=1S/C16H18FNO/c1-11-3-6-13(17)10-15(11)16(18-2)9-12-4-7-14(19)8-5-12/h3-8,10,16,18-19H,9H2,1-2H3. The Morgan fingerprint density at radius 3 is 2.47 bits per heavy atom. The van der Waals surface area contributed by atoms with E-state index in [2.05, 4.69) is 5.32 Å². The van der Waals surface area contributed by atoms with Crippen LogP contribution in [-0.4, -0.2) is 12.2 Å². The second-order valence-electron chi connectivity index (χ2n) is 4.71. The first-order valence-electron chi connectivity index (χ1n) is 6.31. The number of hydrogen-bond donors (Lipinski definition) is 2. The van der Waals surface area contributed by atoms with Crippen LogP contribution < -0.4 is 5.32 Å². The first-order chi connectivity index (χ1) is 9.10. The largest absolute Gasteiger partial charge is 0.508 e. The highest BCUT2D eigenvalue weighted by Gasteiger charge is 2.13. The lowest BCUT2D eigenvalue weighted by atomic mass is 9.95. The van der Waals surface area contributed by atoms with Crippen LogP contribution >= 0.6 is 0 Å². The Hall–Kier alpha value is -1.87. The zero-order chi connectivity index (χ0) is 13.8. The molecule has 2 nitrogen and oxygen atoms in total. The van der Waals surface area contributed by atoms with Crippen LogP contribution in [0, 0.1) is 12.7 Å². The maximum absolute atomic E-state index is 13.4. The van der Waals surface area contributed by atoms with Crippen molar-refractivity contribution in [3.05, 3.63) is 65.0 Å². The SMILES string of the molecule is CNC(Cc1ccc(O)cc1)c1cc(F)ccc1C. The minimum absolute atomic E-state index is 0.0558. The lowest BCUT2D eigenvalue weighted by Crippen LogP contribution is -2.20. The molecule has 0 aliphatic heterocycles. The second-order valence-corrected chi connectivity index (χ2v) is 4.71. The summed E-state index contributed by atoms with van der Waals surface area (Å²) in [6.07, 6.45) is 0.751. The summed E-state index contributed by atoms with van der Waals surface area (Å²) in [5, 5.41) is 12.5. The van der Waals surface area contributed by atoms with Crippen LogP contribution in [0.15, 0.2) is 42.5 Å². The third-order valence-electron chi connectivity index (χ3n) is 3.34. The van der Waals surface area contributed by atoms with E-state index in [0.29, 0.717) is 0 Å². The van der Waals surface area contributed by atoms with Gasteiger partial charge in [0, 0.05) is 6.04 Å². The summed E-state index contributed by atoms with van der Waals surface area (Å²) in [5.41, 5.74) is 3.14. The number of halogens is 1. The van der Waals surface area contributed by atoms with Gasteiger partial charge in [-0.15, -0.1) is 0 Å². The normalized spacial score (nSPS) is 12.4. The molecular weight excluding hydrogens is 241 g/mol. The van der Waals surface area contributed by atoms with Crippen molar-refractivity contribution in [3.8, 4) is 5.75 Å². The molecule has 0 saturated heterocycles. The number of aryl methyl sites for hydroxylation is 1. The van der Waals surface area contributed by atoms with E-state index in [1.54, 1.807) is 24.3 Å². The lowest BCUT2D eigenvalue weighted by molar-refractivity contribution is 0.474. The third-order valence-corrected chi connectivity index (χ3v) is 3.34. The Bertz CT molecular complexity index is 551. The van der Waals surface area contributed by atoms with E-state index >= 15 is 0 Å². The first-order valence-corrected chi connectivity index (χ1v) is 6.31. The number of benzene rings is 2. The van der Waals surface area contributed by atoms with E-state index in [0.717, 1.165) is 23.1 Å². The molecule has 3 heteroatoms. The van der Waals surface area contributed by atoms with Gasteiger partial charge in [-0.3, -0.25) is 0 Å². The second kappa shape index (κ2) is 5.85. The zero-order valence-electron chi connectivity index (χ0n) is 11.2. The van der Waals surface area contributed by atoms with Gasteiger partial charge in [-0.1, -0.05) is 18.2 Å². The molecule has 0 aliphatic rings. The molecule has 0 spiro atoms. The third kappa shape index (κ3) is 3.32. The fraction of sp³-hybridized carbons (Fsp3) is 0.250. The van der Waals surface area contributed by atoms with Gasteiger partial charge in [-0.05, 0) is 61.3 Å². The quantitative estimate of drug-likeness (QED) is 0.882. The molecule has 2 N–H and O–H groups in total. The summed E-state index contributed by atoms with van der Waals surface area (Å²) < 4.78 is 13.4. The molecule has 2 rings (SSSR count). The van der Waals surface area contributed by atoms with E-state index in [-0.39, 0.29) is 17.6 Å². The number of rotatable bonds is 4. The topological polar surface area (TPSA) is 32.3 Å². The van der Waals surface area contributed by atoms with Crippen LogP contribution in [0.4, 0.5) is 4.39 Å². The molecule has 1 unspecified atom stereocenters. The molecule has 0 bridgehead atoms. The van der Waals surface area contributed by atoms with Crippen LogP contribution in [0.2, 0.25) is 0 Å². The molecule has 19 heavy (non-hydrogen) atoms. The molecule has 100 valence electrons. The molecule has 0 aromatic heterocycles. The number of hydrogen-bond acceptors (Lipinski definition) is 2. The number of likely N-dealkylation sites (N-methyl/N-ethyl adjacent to an activating group) is 1. The minimum atomic E-state index is -0.216. The smallest absolute Gasteiger partial charge is 0.123 e. The summed E-state index contributed by atoms with van der Waals surface area (Å²) >= 11 is 0. The van der Waals surface area contributed by atoms with Gasteiger partial charge in [0.2, 0.25) is 0 Å². The molecule has 0 saturated carbocycles. The van der Waals surface area contributed by atoms with Gasteiger partial charge in [0.25, 0.3) is 0 Å². The van der Waals surface area contributed by atoms with Crippen molar-refractivity contribution in [2.75, 3.05) is 7.05 Å². The Morgan fingerprint density at radius 1 is 1.16 bits per heavy atom. The van der Waals surface area contributed by atoms with Crippen molar-refractivity contribution in [3.63, 3.8) is 0 Å². The summed E-state index contributed by atoms with van der Waals surface area (Å²) in [6.45, 7) is 1.98. The van der Waals surface area contributed by atoms with Crippen molar-refractivity contribution in [1.29, 1.82) is 0 Å². The average molecular weight is 259 g/mol. The highest BCUT2D eigenvalue weighted by atomic mass is 19.1. The van der Waals surface area contributed by atoms with Gasteiger partial charge in [0.1, 0.15) is 11.6 Å². The van der Waals surface area contributed by atoms with Crippen molar-refractivity contribution >= 4 is 0 Å². The van der Waals surface area contributed by atoms with E-state index in [4.69, 9.17) is 0 Å². The Balaban J connectivity index is 2.24. The zero-order valence-corrected chi connectivity index (χ0v) is 11.2. The van der Waals surface area contributed by atoms with E-state index in [1.807, 2.05) is 26.1 Å². The van der Waals surface area contributed by atoms with Gasteiger partial charge in [0.15, 0.2) is 0 Å². The monoisotopic (exact) mass is 259 g/mol. The van der Waals surface area contributed by atoms with Crippen molar-refractivity contribution in [1.82, 2.24) is 5.32 Å². The van der Waals surface area contributed by atoms with Crippen molar-refractivity contribution in [2.24, 2.45) is 0 Å². The van der Waals surface area contributed by atoms with Crippen molar-refractivity contribution < 1.29 is 9.50 Å². The van der Waals surface area contributed by atoms with E-state index in [9.17, 15) is 9.50 Å².